The van der Waals surface area contributed by atoms with Gasteiger partial charge < -0.3 is 9.88 Å². The maximum absolute atomic E-state index is 13.0. The minimum absolute atomic E-state index is 0.0394. The van der Waals surface area contributed by atoms with Crippen LogP contribution in [0.25, 0.3) is 10.9 Å². The Kier molecular flexibility index (Phi) is 4.18. The maximum Gasteiger partial charge on any atom is 0.222 e. The molecular weight excluding hydrogens is 348 g/mol. The van der Waals surface area contributed by atoms with Gasteiger partial charge in [-0.1, -0.05) is 18.2 Å². The SMILES string of the molecule is Cc1ncc2c(n1)C1(CCCN(C(=O)CCc3c[nH]c4ccccc34)C1)CC2. The molecule has 1 fully saturated rings. The van der Waals surface area contributed by atoms with Crippen LogP contribution in [0.15, 0.2) is 36.7 Å². The highest BCUT2D eigenvalue weighted by Crippen LogP contribution is 2.43. The van der Waals surface area contributed by atoms with Gasteiger partial charge in [-0.15, -0.1) is 0 Å². The van der Waals surface area contributed by atoms with Crippen LogP contribution in [0.4, 0.5) is 0 Å². The number of para-hydroxylation sites is 1. The van der Waals surface area contributed by atoms with Crippen molar-refractivity contribution in [3.05, 3.63) is 59.3 Å². The van der Waals surface area contributed by atoms with Gasteiger partial charge in [-0.2, -0.15) is 0 Å². The van der Waals surface area contributed by atoms with Crippen LogP contribution < -0.4 is 0 Å². The molecule has 1 saturated heterocycles. The number of piperidine rings is 1. The lowest BCUT2D eigenvalue weighted by molar-refractivity contribution is -0.133. The molecule has 5 rings (SSSR count). The van der Waals surface area contributed by atoms with Crippen molar-refractivity contribution in [1.29, 1.82) is 0 Å². The number of aromatic nitrogens is 3. The molecule has 5 nitrogen and oxygen atoms in total. The number of hydrogen-bond acceptors (Lipinski definition) is 3. The number of likely N-dealkylation sites (tertiary alicyclic amines) is 1. The van der Waals surface area contributed by atoms with E-state index in [0.29, 0.717) is 6.42 Å². The van der Waals surface area contributed by atoms with Gasteiger partial charge in [0.25, 0.3) is 0 Å². The van der Waals surface area contributed by atoms with Gasteiger partial charge in [0.2, 0.25) is 5.91 Å². The van der Waals surface area contributed by atoms with E-state index < -0.39 is 0 Å². The molecule has 3 heterocycles. The van der Waals surface area contributed by atoms with Crippen LogP contribution in [0.5, 0.6) is 0 Å². The topological polar surface area (TPSA) is 61.9 Å². The third-order valence-corrected chi connectivity index (χ3v) is 6.57. The predicted molar refractivity (Wildman–Crippen MR) is 109 cm³/mol. The van der Waals surface area contributed by atoms with Crippen LogP contribution in [-0.4, -0.2) is 38.8 Å². The van der Waals surface area contributed by atoms with Gasteiger partial charge in [-0.25, -0.2) is 9.97 Å². The number of aryl methyl sites for hydroxylation is 3. The van der Waals surface area contributed by atoms with Crippen LogP contribution in [0.2, 0.25) is 0 Å². The summed E-state index contributed by atoms with van der Waals surface area (Å²) in [6.45, 7) is 3.64. The highest BCUT2D eigenvalue weighted by atomic mass is 16.2. The molecule has 2 aromatic heterocycles. The van der Waals surface area contributed by atoms with Crippen LogP contribution >= 0.6 is 0 Å². The van der Waals surface area contributed by atoms with Gasteiger partial charge in [0.05, 0.1) is 5.69 Å². The van der Waals surface area contributed by atoms with E-state index >= 15 is 0 Å². The Hall–Kier alpha value is -2.69. The first kappa shape index (κ1) is 17.4. The fourth-order valence-electron chi connectivity index (χ4n) is 5.11. The Morgan fingerprint density at radius 2 is 2.18 bits per heavy atom. The van der Waals surface area contributed by atoms with E-state index in [1.165, 1.54) is 22.2 Å². The molecule has 5 heteroatoms. The summed E-state index contributed by atoms with van der Waals surface area (Å²) < 4.78 is 0. The molecule has 1 aliphatic carbocycles. The van der Waals surface area contributed by atoms with Crippen molar-refractivity contribution in [2.24, 2.45) is 0 Å². The minimum Gasteiger partial charge on any atom is -0.361 e. The number of amides is 1. The molecule has 1 N–H and O–H groups in total. The third kappa shape index (κ3) is 2.89. The first-order valence-electron chi connectivity index (χ1n) is 10.3. The van der Waals surface area contributed by atoms with E-state index in [4.69, 9.17) is 4.98 Å². The van der Waals surface area contributed by atoms with Crippen molar-refractivity contribution in [3.63, 3.8) is 0 Å². The molecule has 1 aromatic carbocycles. The van der Waals surface area contributed by atoms with Gasteiger partial charge in [0.15, 0.2) is 0 Å². The van der Waals surface area contributed by atoms with Crippen molar-refractivity contribution >= 4 is 16.8 Å². The molecule has 1 aliphatic heterocycles. The minimum atomic E-state index is 0.0394. The van der Waals surface area contributed by atoms with E-state index in [0.717, 1.165) is 56.5 Å². The van der Waals surface area contributed by atoms with Crippen LogP contribution in [-0.2, 0) is 23.1 Å². The average molecular weight is 374 g/mol. The largest absolute Gasteiger partial charge is 0.361 e. The Labute approximate surface area is 165 Å². The van der Waals surface area contributed by atoms with Gasteiger partial charge in [-0.05, 0) is 56.2 Å². The zero-order chi connectivity index (χ0) is 19.1. The normalized spacial score (nSPS) is 21.4. The first-order chi connectivity index (χ1) is 13.6. The van der Waals surface area contributed by atoms with Crippen molar-refractivity contribution < 1.29 is 4.79 Å². The monoisotopic (exact) mass is 374 g/mol. The van der Waals surface area contributed by atoms with Gasteiger partial charge in [0, 0.05) is 48.2 Å². The standard InChI is InChI=1S/C23H26N4O/c1-16-24-14-18-9-11-23(22(18)26-16)10-4-12-27(15-23)21(28)8-7-17-13-25-20-6-3-2-5-19(17)20/h2-3,5-6,13-14,25H,4,7-12,15H2,1H3. The quantitative estimate of drug-likeness (QED) is 0.760. The molecule has 1 atom stereocenters. The molecule has 0 bridgehead atoms. The van der Waals surface area contributed by atoms with Crippen LogP contribution in [0, 0.1) is 6.92 Å². The highest BCUT2D eigenvalue weighted by molar-refractivity contribution is 5.84. The lowest BCUT2D eigenvalue weighted by Crippen LogP contribution is -2.48. The van der Waals surface area contributed by atoms with Gasteiger partial charge >= 0.3 is 0 Å². The summed E-state index contributed by atoms with van der Waals surface area (Å²) >= 11 is 0. The fraction of sp³-hybridized carbons (Fsp3) is 0.435. The molecule has 3 aromatic rings. The molecule has 1 amide bonds. The molecule has 0 radical (unpaired) electrons. The number of rotatable bonds is 3. The zero-order valence-corrected chi connectivity index (χ0v) is 16.4. The Morgan fingerprint density at radius 3 is 3.11 bits per heavy atom. The number of aromatic amines is 1. The molecule has 144 valence electrons. The van der Waals surface area contributed by atoms with Crippen molar-refractivity contribution in [2.75, 3.05) is 13.1 Å². The Morgan fingerprint density at radius 1 is 1.29 bits per heavy atom. The Balaban J connectivity index is 1.31. The second-order valence-electron chi connectivity index (χ2n) is 8.35. The van der Waals surface area contributed by atoms with Crippen molar-refractivity contribution in [1.82, 2.24) is 19.9 Å². The van der Waals surface area contributed by atoms with E-state index in [9.17, 15) is 4.79 Å². The smallest absolute Gasteiger partial charge is 0.222 e. The lowest BCUT2D eigenvalue weighted by Gasteiger charge is -2.40. The molecular formula is C23H26N4O. The summed E-state index contributed by atoms with van der Waals surface area (Å²) in [6.07, 6.45) is 9.69. The summed E-state index contributed by atoms with van der Waals surface area (Å²) in [5, 5.41) is 1.22. The summed E-state index contributed by atoms with van der Waals surface area (Å²) in [5.41, 5.74) is 4.88. The Bertz CT molecular complexity index is 1040. The summed E-state index contributed by atoms with van der Waals surface area (Å²) in [5.74, 6) is 1.10. The molecule has 1 spiro atoms. The summed E-state index contributed by atoms with van der Waals surface area (Å²) in [7, 11) is 0. The number of nitrogens with one attached hydrogen (secondary N) is 1. The number of benzene rings is 1. The molecule has 1 unspecified atom stereocenters. The molecule has 0 saturated carbocycles. The number of H-pyrrole nitrogens is 1. The highest BCUT2D eigenvalue weighted by Gasteiger charge is 2.44. The number of nitrogens with zero attached hydrogens (tertiary/aromatic N) is 3. The number of carbonyl (C=O) groups excluding carboxylic acids is 1. The zero-order valence-electron chi connectivity index (χ0n) is 16.4. The maximum atomic E-state index is 13.0. The lowest BCUT2D eigenvalue weighted by atomic mass is 9.77. The second kappa shape index (κ2) is 6.73. The van der Waals surface area contributed by atoms with E-state index in [2.05, 4.69) is 33.1 Å². The van der Waals surface area contributed by atoms with Gasteiger partial charge in [-0.3, -0.25) is 4.79 Å². The van der Waals surface area contributed by atoms with Gasteiger partial charge in [0.1, 0.15) is 5.82 Å². The van der Waals surface area contributed by atoms with Crippen LogP contribution in [0.1, 0.15) is 48.3 Å². The summed E-state index contributed by atoms with van der Waals surface area (Å²) in [4.78, 5) is 27.6. The number of fused-ring (bicyclic) bond motifs is 3. The van der Waals surface area contributed by atoms with Crippen molar-refractivity contribution in [3.8, 4) is 0 Å². The predicted octanol–water partition coefficient (Wildman–Crippen LogP) is 3.71. The third-order valence-electron chi connectivity index (χ3n) is 6.57. The van der Waals surface area contributed by atoms with E-state index in [-0.39, 0.29) is 11.3 Å². The average Bonchev–Trinajstić information content (AvgIpc) is 3.28. The first-order valence-corrected chi connectivity index (χ1v) is 10.3. The number of hydrogen-bond donors (Lipinski definition) is 1. The molecule has 2 aliphatic rings. The van der Waals surface area contributed by atoms with Crippen molar-refractivity contribution in [2.45, 2.75) is 50.9 Å². The van der Waals surface area contributed by atoms with E-state index in [1.54, 1.807) is 0 Å². The number of carbonyl (C=O) groups is 1. The fourth-order valence-corrected chi connectivity index (χ4v) is 5.11. The molecule has 28 heavy (non-hydrogen) atoms. The second-order valence-corrected chi connectivity index (χ2v) is 8.35. The summed E-state index contributed by atoms with van der Waals surface area (Å²) in [6, 6.07) is 8.29. The van der Waals surface area contributed by atoms with E-state index in [1.807, 2.05) is 25.4 Å². The van der Waals surface area contributed by atoms with Crippen LogP contribution in [0.3, 0.4) is 0 Å².